The van der Waals surface area contributed by atoms with Crippen LogP contribution in [0.1, 0.15) is 55.9 Å². The average molecular weight is 399 g/mol. The monoisotopic (exact) mass is 398 g/mol. The third-order valence-corrected chi connectivity index (χ3v) is 8.52. The van der Waals surface area contributed by atoms with Crippen molar-refractivity contribution in [1.82, 2.24) is 9.88 Å². The van der Waals surface area contributed by atoms with Gasteiger partial charge < -0.3 is 9.80 Å². The number of thiazole rings is 1. The molecule has 28 heavy (non-hydrogen) atoms. The van der Waals surface area contributed by atoms with E-state index in [1.54, 1.807) is 0 Å². The van der Waals surface area contributed by atoms with Crippen molar-refractivity contribution in [3.63, 3.8) is 0 Å². The topological polar surface area (TPSA) is 37.6 Å². The van der Waals surface area contributed by atoms with Crippen LogP contribution in [0, 0.1) is 11.8 Å². The minimum Gasteiger partial charge on any atom is -0.338 e. The maximum absolute atomic E-state index is 13.0. The van der Waals surface area contributed by atoms with Gasteiger partial charge in [-0.2, -0.15) is 0 Å². The smallest absolute Gasteiger partial charge is 0.277 e. The van der Waals surface area contributed by atoms with E-state index in [1.807, 2.05) is 11.3 Å². The van der Waals surface area contributed by atoms with Crippen molar-refractivity contribution in [1.29, 1.82) is 0 Å². The van der Waals surface area contributed by atoms with Crippen LogP contribution in [-0.2, 0) is 4.79 Å². The van der Waals surface area contributed by atoms with Crippen LogP contribution in [0.5, 0.6) is 0 Å². The van der Waals surface area contributed by atoms with Crippen LogP contribution in [0.4, 0.5) is 0 Å². The number of para-hydroxylation sites is 1. The second-order valence-electron chi connectivity index (χ2n) is 9.17. The highest BCUT2D eigenvalue weighted by Gasteiger charge is 2.35. The number of fused-ring (bicyclic) bond motifs is 2. The number of benzene rings is 1. The zero-order valence-corrected chi connectivity index (χ0v) is 17.6. The highest BCUT2D eigenvalue weighted by atomic mass is 32.1. The van der Waals surface area contributed by atoms with E-state index < -0.39 is 0 Å². The number of carbonyl (C=O) groups is 1. The molecular formula is C23H32N3OS+. The third kappa shape index (κ3) is 3.84. The lowest BCUT2D eigenvalue weighted by Crippen LogP contribution is -3.14. The number of hydrogen-bond donors (Lipinski definition) is 1. The Morgan fingerprint density at radius 1 is 1.11 bits per heavy atom. The molecule has 1 aliphatic carbocycles. The summed E-state index contributed by atoms with van der Waals surface area (Å²) in [6.07, 6.45) is 9.15. The Hall–Kier alpha value is -1.46. The van der Waals surface area contributed by atoms with Gasteiger partial charge in [0.05, 0.1) is 29.2 Å². The number of piperidine rings is 2. The molecule has 0 bridgehead atoms. The average Bonchev–Trinajstić information content (AvgIpc) is 3.18. The van der Waals surface area contributed by atoms with Crippen LogP contribution in [-0.4, -0.2) is 48.5 Å². The normalized spacial score (nSPS) is 30.9. The lowest BCUT2D eigenvalue weighted by atomic mass is 9.75. The van der Waals surface area contributed by atoms with Gasteiger partial charge in [0.25, 0.3) is 5.91 Å². The Morgan fingerprint density at radius 2 is 1.96 bits per heavy atom. The lowest BCUT2D eigenvalue weighted by Gasteiger charge is -2.41. The van der Waals surface area contributed by atoms with E-state index in [1.165, 1.54) is 59.6 Å². The number of nitrogens with one attached hydrogen (secondary N) is 1. The minimum atomic E-state index is 0.393. The van der Waals surface area contributed by atoms with E-state index in [0.29, 0.717) is 18.4 Å². The molecule has 1 aromatic carbocycles. The molecule has 1 saturated carbocycles. The van der Waals surface area contributed by atoms with Crippen molar-refractivity contribution in [3.05, 3.63) is 29.3 Å². The van der Waals surface area contributed by atoms with Crippen molar-refractivity contribution < 1.29 is 9.69 Å². The summed E-state index contributed by atoms with van der Waals surface area (Å²) in [7, 11) is 0. The summed E-state index contributed by atoms with van der Waals surface area (Å²) < 4.78 is 1.29. The van der Waals surface area contributed by atoms with Crippen molar-refractivity contribution in [2.45, 2.75) is 50.9 Å². The van der Waals surface area contributed by atoms with Gasteiger partial charge in [-0.15, -0.1) is 11.3 Å². The van der Waals surface area contributed by atoms with Crippen LogP contribution in [0.3, 0.4) is 0 Å². The van der Waals surface area contributed by atoms with Crippen molar-refractivity contribution in [2.24, 2.45) is 11.8 Å². The summed E-state index contributed by atoms with van der Waals surface area (Å²) >= 11 is 1.85. The Morgan fingerprint density at radius 3 is 2.86 bits per heavy atom. The molecule has 1 unspecified atom stereocenters. The Kier molecular flexibility index (Phi) is 5.38. The molecule has 2 aliphatic heterocycles. The van der Waals surface area contributed by atoms with Crippen LogP contribution < -0.4 is 4.90 Å². The standard InChI is InChI=1S/C23H31N3OS/c27-22(26-13-11-17-6-1-2-7-18(17)15-26)16-25-12-5-8-19(14-25)23-24-20-9-3-4-10-21(20)28-23/h3-4,9-10,17-19H,1-2,5-8,11-16H2/p+1/t17-,18+,19-/m0/s1. The number of nitrogens with zero attached hydrogens (tertiary/aromatic N) is 2. The number of quaternary nitrogens is 1. The molecule has 0 spiro atoms. The van der Waals surface area contributed by atoms with E-state index in [-0.39, 0.29) is 0 Å². The number of likely N-dealkylation sites (tertiary alicyclic amines) is 2. The van der Waals surface area contributed by atoms with Gasteiger partial charge in [-0.05, 0) is 49.7 Å². The predicted molar refractivity (Wildman–Crippen MR) is 114 cm³/mol. The summed E-state index contributed by atoms with van der Waals surface area (Å²) in [4.78, 5) is 21.6. The van der Waals surface area contributed by atoms with E-state index in [4.69, 9.17) is 4.98 Å². The highest BCUT2D eigenvalue weighted by molar-refractivity contribution is 7.18. The molecular weight excluding hydrogens is 366 g/mol. The fraction of sp³-hybridized carbons (Fsp3) is 0.652. The van der Waals surface area contributed by atoms with Crippen molar-refractivity contribution in [2.75, 3.05) is 32.7 Å². The molecule has 1 amide bonds. The molecule has 3 fully saturated rings. The maximum Gasteiger partial charge on any atom is 0.277 e. The maximum atomic E-state index is 13.0. The van der Waals surface area contributed by atoms with Crippen LogP contribution >= 0.6 is 11.3 Å². The van der Waals surface area contributed by atoms with Gasteiger partial charge in [0.2, 0.25) is 0 Å². The summed E-state index contributed by atoms with van der Waals surface area (Å²) in [5.41, 5.74) is 1.13. The molecule has 150 valence electrons. The van der Waals surface area contributed by atoms with Crippen molar-refractivity contribution >= 4 is 27.5 Å². The van der Waals surface area contributed by atoms with E-state index in [2.05, 4.69) is 29.2 Å². The first-order chi connectivity index (χ1) is 13.8. The Labute approximate surface area is 171 Å². The van der Waals surface area contributed by atoms with Gasteiger partial charge in [0.1, 0.15) is 5.01 Å². The molecule has 5 heteroatoms. The van der Waals surface area contributed by atoms with Gasteiger partial charge in [0, 0.05) is 13.1 Å². The molecule has 4 atom stereocenters. The van der Waals surface area contributed by atoms with Gasteiger partial charge in [-0.1, -0.05) is 31.4 Å². The third-order valence-electron chi connectivity index (χ3n) is 7.32. The minimum absolute atomic E-state index is 0.393. The van der Waals surface area contributed by atoms with Crippen LogP contribution in [0.15, 0.2) is 24.3 Å². The Bertz CT molecular complexity index is 801. The first kappa shape index (κ1) is 18.6. The van der Waals surface area contributed by atoms with Crippen LogP contribution in [0.25, 0.3) is 10.2 Å². The van der Waals surface area contributed by atoms with Gasteiger partial charge in [0.15, 0.2) is 6.54 Å². The zero-order chi connectivity index (χ0) is 18.9. The second kappa shape index (κ2) is 8.11. The van der Waals surface area contributed by atoms with E-state index in [9.17, 15) is 4.79 Å². The molecule has 0 radical (unpaired) electrons. The number of aromatic nitrogens is 1. The number of carbonyl (C=O) groups excluding carboxylic acids is 1. The zero-order valence-electron chi connectivity index (χ0n) is 16.7. The molecule has 1 aromatic heterocycles. The molecule has 5 rings (SSSR count). The first-order valence-corrected chi connectivity index (χ1v) is 12.0. The fourth-order valence-corrected chi connectivity index (χ4v) is 6.84. The van der Waals surface area contributed by atoms with Crippen LogP contribution in [0.2, 0.25) is 0 Å². The molecule has 3 heterocycles. The second-order valence-corrected chi connectivity index (χ2v) is 10.2. The number of hydrogen-bond acceptors (Lipinski definition) is 3. The Balaban J connectivity index is 1.20. The molecule has 1 N–H and O–H groups in total. The lowest BCUT2D eigenvalue weighted by molar-refractivity contribution is -0.898. The number of rotatable bonds is 3. The number of amides is 1. The SMILES string of the molecule is O=C(C[NH+]1CCC[C@H](c2nc3ccccc3s2)C1)N1CC[C@@H]2CCCC[C@@H]2C1. The molecule has 2 aromatic rings. The first-order valence-electron chi connectivity index (χ1n) is 11.2. The fourth-order valence-electron chi connectivity index (χ4n) is 5.74. The van der Waals surface area contributed by atoms with Gasteiger partial charge >= 0.3 is 0 Å². The van der Waals surface area contributed by atoms with Gasteiger partial charge in [-0.3, -0.25) is 4.79 Å². The molecule has 3 aliphatic rings. The summed E-state index contributed by atoms with van der Waals surface area (Å²) in [5, 5.41) is 1.27. The molecule has 2 saturated heterocycles. The summed E-state index contributed by atoms with van der Waals surface area (Å²) in [6, 6.07) is 8.44. The van der Waals surface area contributed by atoms with E-state index in [0.717, 1.165) is 43.5 Å². The highest BCUT2D eigenvalue weighted by Crippen LogP contribution is 2.36. The predicted octanol–water partition coefficient (Wildman–Crippen LogP) is 3.10. The largest absolute Gasteiger partial charge is 0.338 e. The van der Waals surface area contributed by atoms with Crippen molar-refractivity contribution in [3.8, 4) is 0 Å². The van der Waals surface area contributed by atoms with Gasteiger partial charge in [-0.25, -0.2) is 4.98 Å². The quantitative estimate of drug-likeness (QED) is 0.863. The summed E-state index contributed by atoms with van der Waals surface area (Å²) in [6.45, 7) is 4.89. The molecule has 4 nitrogen and oxygen atoms in total. The summed E-state index contributed by atoms with van der Waals surface area (Å²) in [5.74, 6) is 2.57. The van der Waals surface area contributed by atoms with E-state index >= 15 is 0 Å².